The number of H-pyrrole nitrogens is 1. The predicted molar refractivity (Wildman–Crippen MR) is 82.6 cm³/mol. The summed E-state index contributed by atoms with van der Waals surface area (Å²) in [7, 11) is 0. The Balaban J connectivity index is 1.82. The molecule has 1 atom stereocenters. The molecule has 0 bridgehead atoms. The van der Waals surface area contributed by atoms with Crippen molar-refractivity contribution < 1.29 is 0 Å². The van der Waals surface area contributed by atoms with E-state index >= 15 is 0 Å². The number of benzene rings is 2. The van der Waals surface area contributed by atoms with Gasteiger partial charge in [-0.1, -0.05) is 61.5 Å². The van der Waals surface area contributed by atoms with Gasteiger partial charge in [0.2, 0.25) is 0 Å². The minimum Gasteiger partial charge on any atom is -0.285 e. The van der Waals surface area contributed by atoms with Crippen LogP contribution in [0.25, 0.3) is 11.1 Å². The quantitative estimate of drug-likeness (QED) is 0.740. The van der Waals surface area contributed by atoms with Crippen LogP contribution in [0, 0.1) is 0 Å². The van der Waals surface area contributed by atoms with Gasteiger partial charge in [-0.3, -0.25) is 5.10 Å². The first-order valence-electron chi connectivity index (χ1n) is 6.96. The molecule has 3 aromatic rings. The molecule has 100 valence electrons. The summed E-state index contributed by atoms with van der Waals surface area (Å²) in [6, 6.07) is 19.4. The molecule has 2 nitrogen and oxygen atoms in total. The van der Waals surface area contributed by atoms with E-state index in [0.717, 1.165) is 12.0 Å². The lowest BCUT2D eigenvalue weighted by molar-refractivity contribution is 0.759. The molecule has 0 fully saturated rings. The van der Waals surface area contributed by atoms with Crippen LogP contribution in [-0.4, -0.2) is 10.2 Å². The fraction of sp³-hybridized carbons (Fsp3) is 0.167. The van der Waals surface area contributed by atoms with Gasteiger partial charge in [-0.05, 0) is 29.0 Å². The monoisotopic (exact) mass is 262 g/mol. The molecule has 20 heavy (non-hydrogen) atoms. The molecule has 0 saturated heterocycles. The number of hydrogen-bond donors (Lipinski definition) is 1. The fourth-order valence-corrected chi connectivity index (χ4v) is 2.52. The Morgan fingerprint density at radius 1 is 1.00 bits per heavy atom. The summed E-state index contributed by atoms with van der Waals surface area (Å²) in [5.74, 6) is 0.504. The van der Waals surface area contributed by atoms with E-state index in [1.807, 2.05) is 12.4 Å². The van der Waals surface area contributed by atoms with E-state index in [-0.39, 0.29) is 0 Å². The summed E-state index contributed by atoms with van der Waals surface area (Å²) in [6.07, 6.45) is 4.86. The van der Waals surface area contributed by atoms with Crippen molar-refractivity contribution in [2.24, 2.45) is 0 Å². The molecule has 0 aliphatic heterocycles. The smallest absolute Gasteiger partial charge is 0.0565 e. The maximum absolute atomic E-state index is 4.02. The Hall–Kier alpha value is -2.35. The lowest BCUT2D eigenvalue weighted by atomic mass is 9.92. The molecule has 0 amide bonds. The number of hydrogen-bond acceptors (Lipinski definition) is 1. The fourth-order valence-electron chi connectivity index (χ4n) is 2.52. The van der Waals surface area contributed by atoms with Gasteiger partial charge in [0.1, 0.15) is 0 Å². The average Bonchev–Trinajstić information content (AvgIpc) is 3.03. The van der Waals surface area contributed by atoms with Crippen LogP contribution in [0.2, 0.25) is 0 Å². The molecule has 1 unspecified atom stereocenters. The van der Waals surface area contributed by atoms with Gasteiger partial charge in [-0.25, -0.2) is 0 Å². The third-order valence-corrected chi connectivity index (χ3v) is 3.67. The van der Waals surface area contributed by atoms with Gasteiger partial charge in [0.05, 0.1) is 6.20 Å². The standard InChI is InChI=1S/C18H18N2/c1-14(10-15-6-3-2-4-7-15)16-8-5-9-17(11-16)18-12-19-20-13-18/h2-9,11-14H,10H2,1H3,(H,19,20). The predicted octanol–water partition coefficient (Wildman–Crippen LogP) is 4.42. The topological polar surface area (TPSA) is 28.7 Å². The zero-order valence-corrected chi connectivity index (χ0v) is 11.6. The molecular formula is C18H18N2. The number of nitrogens with one attached hydrogen (secondary N) is 1. The molecule has 0 saturated carbocycles. The molecule has 2 aromatic carbocycles. The van der Waals surface area contributed by atoms with E-state index in [0.29, 0.717) is 5.92 Å². The summed E-state index contributed by atoms with van der Waals surface area (Å²) < 4.78 is 0. The molecule has 0 aliphatic rings. The van der Waals surface area contributed by atoms with Crippen molar-refractivity contribution in [2.75, 3.05) is 0 Å². The van der Waals surface area contributed by atoms with Crippen molar-refractivity contribution in [1.29, 1.82) is 0 Å². The highest BCUT2D eigenvalue weighted by atomic mass is 15.1. The summed E-state index contributed by atoms with van der Waals surface area (Å²) in [6.45, 7) is 2.28. The average molecular weight is 262 g/mol. The zero-order chi connectivity index (χ0) is 13.8. The van der Waals surface area contributed by atoms with Crippen LogP contribution in [0.4, 0.5) is 0 Å². The van der Waals surface area contributed by atoms with Crippen LogP contribution in [0.15, 0.2) is 67.0 Å². The second-order valence-electron chi connectivity index (χ2n) is 5.20. The van der Waals surface area contributed by atoms with Gasteiger partial charge >= 0.3 is 0 Å². The van der Waals surface area contributed by atoms with E-state index in [1.165, 1.54) is 16.7 Å². The highest BCUT2D eigenvalue weighted by Crippen LogP contribution is 2.25. The SMILES string of the molecule is CC(Cc1ccccc1)c1cccc(-c2cn[nH]c2)c1. The third kappa shape index (κ3) is 2.80. The van der Waals surface area contributed by atoms with Crippen LogP contribution in [-0.2, 0) is 6.42 Å². The van der Waals surface area contributed by atoms with E-state index in [9.17, 15) is 0 Å². The molecule has 0 radical (unpaired) electrons. The summed E-state index contributed by atoms with van der Waals surface area (Å²) in [4.78, 5) is 0. The van der Waals surface area contributed by atoms with Crippen molar-refractivity contribution in [3.05, 3.63) is 78.1 Å². The summed E-state index contributed by atoms with van der Waals surface area (Å²) in [5.41, 5.74) is 5.11. The first kappa shape index (κ1) is 12.7. The van der Waals surface area contributed by atoms with Gasteiger partial charge in [0.25, 0.3) is 0 Å². The first-order valence-corrected chi connectivity index (χ1v) is 6.96. The molecule has 3 rings (SSSR count). The van der Waals surface area contributed by atoms with Crippen LogP contribution in [0.3, 0.4) is 0 Å². The van der Waals surface area contributed by atoms with Gasteiger partial charge in [0, 0.05) is 11.8 Å². The lowest BCUT2D eigenvalue weighted by Crippen LogP contribution is -1.98. The molecule has 1 aromatic heterocycles. The van der Waals surface area contributed by atoms with Gasteiger partial charge in [-0.2, -0.15) is 5.10 Å². The number of aromatic nitrogens is 2. The number of nitrogens with zero attached hydrogens (tertiary/aromatic N) is 1. The second kappa shape index (κ2) is 5.74. The lowest BCUT2D eigenvalue weighted by Gasteiger charge is -2.13. The van der Waals surface area contributed by atoms with E-state index in [4.69, 9.17) is 0 Å². The minimum absolute atomic E-state index is 0.504. The Bertz CT molecular complexity index is 657. The van der Waals surface area contributed by atoms with Crippen molar-refractivity contribution in [1.82, 2.24) is 10.2 Å². The second-order valence-corrected chi connectivity index (χ2v) is 5.20. The minimum atomic E-state index is 0.504. The van der Waals surface area contributed by atoms with Gasteiger partial charge in [-0.15, -0.1) is 0 Å². The summed E-state index contributed by atoms with van der Waals surface area (Å²) in [5, 5.41) is 6.88. The van der Waals surface area contributed by atoms with Crippen molar-refractivity contribution in [2.45, 2.75) is 19.3 Å². The highest BCUT2D eigenvalue weighted by molar-refractivity contribution is 5.62. The first-order chi connectivity index (χ1) is 9.83. The largest absolute Gasteiger partial charge is 0.285 e. The van der Waals surface area contributed by atoms with Gasteiger partial charge in [0.15, 0.2) is 0 Å². The zero-order valence-electron chi connectivity index (χ0n) is 11.6. The van der Waals surface area contributed by atoms with Crippen LogP contribution < -0.4 is 0 Å². The molecular weight excluding hydrogens is 244 g/mol. The molecule has 1 N–H and O–H groups in total. The van der Waals surface area contributed by atoms with E-state index in [1.54, 1.807) is 0 Å². The number of aromatic amines is 1. The van der Waals surface area contributed by atoms with Crippen molar-refractivity contribution in [3.8, 4) is 11.1 Å². The van der Waals surface area contributed by atoms with Crippen LogP contribution >= 0.6 is 0 Å². The Kier molecular flexibility index (Phi) is 3.64. The number of rotatable bonds is 4. The van der Waals surface area contributed by atoms with Gasteiger partial charge < -0.3 is 0 Å². The molecule has 1 heterocycles. The van der Waals surface area contributed by atoms with Crippen LogP contribution in [0.1, 0.15) is 24.0 Å². The highest BCUT2D eigenvalue weighted by Gasteiger charge is 2.08. The Labute approximate surface area is 119 Å². The van der Waals surface area contributed by atoms with Crippen molar-refractivity contribution in [3.63, 3.8) is 0 Å². The maximum Gasteiger partial charge on any atom is 0.0565 e. The third-order valence-electron chi connectivity index (χ3n) is 3.67. The van der Waals surface area contributed by atoms with E-state index < -0.39 is 0 Å². The Morgan fingerprint density at radius 3 is 2.60 bits per heavy atom. The normalized spacial score (nSPS) is 12.2. The van der Waals surface area contributed by atoms with E-state index in [2.05, 4.69) is 71.7 Å². The Morgan fingerprint density at radius 2 is 1.85 bits per heavy atom. The molecule has 0 aliphatic carbocycles. The van der Waals surface area contributed by atoms with Crippen molar-refractivity contribution >= 4 is 0 Å². The summed E-state index contributed by atoms with van der Waals surface area (Å²) >= 11 is 0. The molecule has 0 spiro atoms. The maximum atomic E-state index is 4.02. The molecule has 2 heteroatoms. The van der Waals surface area contributed by atoms with Crippen LogP contribution in [0.5, 0.6) is 0 Å².